The Bertz CT molecular complexity index is 766. The van der Waals surface area contributed by atoms with E-state index in [2.05, 4.69) is 46.4 Å². The number of hydrogen-bond acceptors (Lipinski definition) is 4. The summed E-state index contributed by atoms with van der Waals surface area (Å²) in [6, 6.07) is 12.3. The number of benzene rings is 1. The van der Waals surface area contributed by atoms with Gasteiger partial charge in [0.05, 0.1) is 11.9 Å². The van der Waals surface area contributed by atoms with Gasteiger partial charge in [0.1, 0.15) is 5.69 Å². The smallest absolute Gasteiger partial charge is 0.272 e. The molecule has 5 nitrogen and oxygen atoms in total. The van der Waals surface area contributed by atoms with E-state index in [1.807, 2.05) is 17.0 Å². The summed E-state index contributed by atoms with van der Waals surface area (Å²) >= 11 is 0. The number of carbonyl (C=O) groups is 1. The molecule has 0 radical (unpaired) electrons. The number of likely N-dealkylation sites (tertiary alicyclic amines) is 1. The average molecular weight is 364 g/mol. The number of amides is 1. The Balaban J connectivity index is 1.38. The molecule has 1 unspecified atom stereocenters. The topological polar surface area (TPSA) is 48.5 Å². The summed E-state index contributed by atoms with van der Waals surface area (Å²) in [5.41, 5.74) is 3.74. The highest BCUT2D eigenvalue weighted by Crippen LogP contribution is 2.24. The first-order valence-corrected chi connectivity index (χ1v) is 10.1. The molecule has 0 aliphatic carbocycles. The van der Waals surface area contributed by atoms with Crippen LogP contribution in [0.15, 0.2) is 42.6 Å². The monoisotopic (exact) mass is 364 g/mol. The summed E-state index contributed by atoms with van der Waals surface area (Å²) in [5, 5.41) is 3.37. The number of piperidine rings is 1. The summed E-state index contributed by atoms with van der Waals surface area (Å²) in [6.07, 6.45) is 6.60. The van der Waals surface area contributed by atoms with Crippen LogP contribution in [0.25, 0.3) is 0 Å². The third-order valence-electron chi connectivity index (χ3n) is 5.55. The summed E-state index contributed by atoms with van der Waals surface area (Å²) in [5.74, 6) is 0.621. The Morgan fingerprint density at radius 3 is 2.41 bits per heavy atom. The van der Waals surface area contributed by atoms with Gasteiger partial charge < -0.3 is 15.1 Å². The second-order valence-corrected chi connectivity index (χ2v) is 7.80. The molecule has 1 amide bonds. The van der Waals surface area contributed by atoms with E-state index in [0.717, 1.165) is 44.0 Å². The minimum absolute atomic E-state index is 0.0445. The molecule has 2 saturated heterocycles. The molecule has 0 spiro atoms. The van der Waals surface area contributed by atoms with E-state index in [-0.39, 0.29) is 5.91 Å². The SMILES string of the molecule is CC1CCCN(C(=O)c2ccc(Nc3ccc(N4CCCC4)cc3)cn2)C1. The van der Waals surface area contributed by atoms with E-state index in [0.29, 0.717) is 11.6 Å². The van der Waals surface area contributed by atoms with Crippen molar-refractivity contribution in [3.8, 4) is 0 Å². The molecule has 4 rings (SSSR count). The number of aromatic nitrogens is 1. The molecule has 2 fully saturated rings. The van der Waals surface area contributed by atoms with E-state index < -0.39 is 0 Å². The Morgan fingerprint density at radius 1 is 1.00 bits per heavy atom. The minimum Gasteiger partial charge on any atom is -0.372 e. The normalized spacial score (nSPS) is 20.0. The number of nitrogens with zero attached hydrogens (tertiary/aromatic N) is 3. The van der Waals surface area contributed by atoms with Crippen LogP contribution in [0.3, 0.4) is 0 Å². The zero-order valence-electron chi connectivity index (χ0n) is 16.0. The van der Waals surface area contributed by atoms with Crippen molar-refractivity contribution in [2.75, 3.05) is 36.4 Å². The quantitative estimate of drug-likeness (QED) is 0.879. The van der Waals surface area contributed by atoms with Gasteiger partial charge in [-0.15, -0.1) is 0 Å². The highest BCUT2D eigenvalue weighted by Gasteiger charge is 2.22. The standard InChI is InChI=1S/C22H28N4O/c1-17-5-4-14-26(16-17)22(27)21-11-8-19(15-23-21)24-18-6-9-20(10-7-18)25-12-2-3-13-25/h6-11,15,17,24H,2-5,12-14,16H2,1H3. The maximum atomic E-state index is 12.6. The molecule has 2 aliphatic rings. The molecule has 1 N–H and O–H groups in total. The molecule has 5 heteroatoms. The lowest BCUT2D eigenvalue weighted by Crippen LogP contribution is -2.39. The van der Waals surface area contributed by atoms with E-state index in [4.69, 9.17) is 0 Å². The first kappa shape index (κ1) is 17.8. The number of anilines is 3. The highest BCUT2D eigenvalue weighted by molar-refractivity contribution is 5.92. The van der Waals surface area contributed by atoms with Gasteiger partial charge in [0.2, 0.25) is 0 Å². The van der Waals surface area contributed by atoms with Crippen LogP contribution in [-0.2, 0) is 0 Å². The van der Waals surface area contributed by atoms with E-state index >= 15 is 0 Å². The number of nitrogens with one attached hydrogen (secondary N) is 1. The fourth-order valence-electron chi connectivity index (χ4n) is 4.03. The Hall–Kier alpha value is -2.56. The van der Waals surface area contributed by atoms with Crippen molar-refractivity contribution in [1.82, 2.24) is 9.88 Å². The second kappa shape index (κ2) is 7.99. The van der Waals surface area contributed by atoms with Crippen molar-refractivity contribution >= 4 is 23.0 Å². The molecule has 3 heterocycles. The van der Waals surface area contributed by atoms with Crippen LogP contribution in [0, 0.1) is 5.92 Å². The van der Waals surface area contributed by atoms with Gasteiger partial charge in [0.15, 0.2) is 0 Å². The first-order valence-electron chi connectivity index (χ1n) is 10.1. The highest BCUT2D eigenvalue weighted by atomic mass is 16.2. The van der Waals surface area contributed by atoms with Crippen LogP contribution in [-0.4, -0.2) is 42.0 Å². The Labute approximate surface area is 161 Å². The van der Waals surface area contributed by atoms with Gasteiger partial charge in [-0.1, -0.05) is 6.92 Å². The van der Waals surface area contributed by atoms with Gasteiger partial charge in [-0.3, -0.25) is 4.79 Å². The molecule has 1 aromatic heterocycles. The van der Waals surface area contributed by atoms with Gasteiger partial charge >= 0.3 is 0 Å². The molecule has 1 aromatic carbocycles. The molecular weight excluding hydrogens is 336 g/mol. The van der Waals surface area contributed by atoms with Crippen LogP contribution < -0.4 is 10.2 Å². The van der Waals surface area contributed by atoms with E-state index in [9.17, 15) is 4.79 Å². The number of rotatable bonds is 4. The summed E-state index contributed by atoms with van der Waals surface area (Å²) < 4.78 is 0. The van der Waals surface area contributed by atoms with Crippen LogP contribution in [0.5, 0.6) is 0 Å². The molecular formula is C22H28N4O. The van der Waals surface area contributed by atoms with Crippen LogP contribution in [0.2, 0.25) is 0 Å². The zero-order chi connectivity index (χ0) is 18.6. The number of hydrogen-bond donors (Lipinski definition) is 1. The molecule has 27 heavy (non-hydrogen) atoms. The number of pyridine rings is 1. The third kappa shape index (κ3) is 4.24. The lowest BCUT2D eigenvalue weighted by atomic mass is 10.00. The summed E-state index contributed by atoms with van der Waals surface area (Å²) in [7, 11) is 0. The Kier molecular flexibility index (Phi) is 5.28. The molecule has 142 valence electrons. The number of carbonyl (C=O) groups excluding carboxylic acids is 1. The summed E-state index contributed by atoms with van der Waals surface area (Å²) in [4.78, 5) is 21.4. The van der Waals surface area contributed by atoms with Gasteiger partial charge in [-0.05, 0) is 68.0 Å². The van der Waals surface area contributed by atoms with Gasteiger partial charge in [-0.2, -0.15) is 0 Å². The third-order valence-corrected chi connectivity index (χ3v) is 5.55. The maximum absolute atomic E-state index is 12.6. The predicted molar refractivity (Wildman–Crippen MR) is 110 cm³/mol. The van der Waals surface area contributed by atoms with Crippen molar-refractivity contribution in [2.24, 2.45) is 5.92 Å². The molecule has 0 saturated carbocycles. The largest absolute Gasteiger partial charge is 0.372 e. The van der Waals surface area contributed by atoms with Gasteiger partial charge in [-0.25, -0.2) is 4.98 Å². The van der Waals surface area contributed by atoms with Crippen LogP contribution >= 0.6 is 0 Å². The zero-order valence-corrected chi connectivity index (χ0v) is 16.0. The average Bonchev–Trinajstić information content (AvgIpc) is 3.23. The summed E-state index contributed by atoms with van der Waals surface area (Å²) in [6.45, 7) is 6.19. The van der Waals surface area contributed by atoms with Crippen molar-refractivity contribution < 1.29 is 4.79 Å². The fraction of sp³-hybridized carbons (Fsp3) is 0.455. The van der Waals surface area contributed by atoms with Gasteiger partial charge in [0.25, 0.3) is 5.91 Å². The fourth-order valence-corrected chi connectivity index (χ4v) is 4.03. The molecule has 2 aliphatic heterocycles. The minimum atomic E-state index is 0.0445. The molecule has 2 aromatic rings. The lowest BCUT2D eigenvalue weighted by molar-refractivity contribution is 0.0677. The van der Waals surface area contributed by atoms with Crippen molar-refractivity contribution in [3.63, 3.8) is 0 Å². The molecule has 1 atom stereocenters. The predicted octanol–water partition coefficient (Wildman–Crippen LogP) is 4.30. The first-order chi connectivity index (χ1) is 13.2. The van der Waals surface area contributed by atoms with Crippen LogP contribution in [0.4, 0.5) is 17.1 Å². The van der Waals surface area contributed by atoms with E-state index in [1.165, 1.54) is 24.9 Å². The van der Waals surface area contributed by atoms with Gasteiger partial charge in [0, 0.05) is 37.6 Å². The van der Waals surface area contributed by atoms with Crippen molar-refractivity contribution in [1.29, 1.82) is 0 Å². The van der Waals surface area contributed by atoms with Crippen molar-refractivity contribution in [3.05, 3.63) is 48.3 Å². The van der Waals surface area contributed by atoms with E-state index in [1.54, 1.807) is 6.20 Å². The second-order valence-electron chi connectivity index (χ2n) is 7.80. The van der Waals surface area contributed by atoms with Crippen LogP contribution in [0.1, 0.15) is 43.1 Å². The van der Waals surface area contributed by atoms with Crippen molar-refractivity contribution in [2.45, 2.75) is 32.6 Å². The lowest BCUT2D eigenvalue weighted by Gasteiger charge is -2.30. The Morgan fingerprint density at radius 2 is 1.74 bits per heavy atom. The molecule has 0 bridgehead atoms. The maximum Gasteiger partial charge on any atom is 0.272 e.